The lowest BCUT2D eigenvalue weighted by atomic mass is 9.99. The molecule has 0 bridgehead atoms. The second-order valence-electron chi connectivity index (χ2n) is 9.69. The maximum absolute atomic E-state index is 12.2. The van der Waals surface area contributed by atoms with Crippen LogP contribution in [0.1, 0.15) is 35.1 Å². The second-order valence-corrected chi connectivity index (χ2v) is 10.1. The number of nitrogens with zero attached hydrogens (tertiary/aromatic N) is 1. The fourth-order valence-corrected chi connectivity index (χ4v) is 4.79. The molecule has 1 saturated heterocycles. The first kappa shape index (κ1) is 28.6. The fourth-order valence-electron chi connectivity index (χ4n) is 4.57. The van der Waals surface area contributed by atoms with E-state index in [0.717, 1.165) is 43.1 Å². The van der Waals surface area contributed by atoms with E-state index in [1.807, 2.05) is 18.2 Å². The number of ether oxygens (including phenoxy) is 2. The van der Waals surface area contributed by atoms with Gasteiger partial charge in [0.2, 0.25) is 0 Å². The zero-order valence-corrected chi connectivity index (χ0v) is 22.0. The number of esters is 2. The molecule has 0 aromatic heterocycles. The lowest BCUT2D eigenvalue weighted by Crippen LogP contribution is -2.28. The molecule has 0 spiro atoms. The molecule has 0 amide bonds. The number of likely N-dealkylation sites (tertiary alicyclic amines) is 1. The monoisotopic (exact) mass is 559 g/mol. The molecule has 39 heavy (non-hydrogen) atoms. The van der Waals surface area contributed by atoms with Crippen molar-refractivity contribution in [2.24, 2.45) is 5.92 Å². The molecule has 0 saturated carbocycles. The Morgan fingerprint density at radius 3 is 2.28 bits per heavy atom. The minimum atomic E-state index is -5.19. The Morgan fingerprint density at radius 1 is 0.923 bits per heavy atom. The smallest absolute Gasteiger partial charge is 0.489 e. The van der Waals surface area contributed by atoms with E-state index in [1.54, 1.807) is 24.3 Å². The Kier molecular flexibility index (Phi) is 9.64. The Labute approximate surface area is 230 Å². The number of carbonyl (C=O) groups is 2. The Hall–Kier alpha value is -3.36. The first-order valence-electron chi connectivity index (χ1n) is 12.7. The van der Waals surface area contributed by atoms with Crippen molar-refractivity contribution < 1.29 is 32.2 Å². The van der Waals surface area contributed by atoms with Crippen LogP contribution in [0.2, 0.25) is 5.02 Å². The number of halogens is 4. The highest BCUT2D eigenvalue weighted by Crippen LogP contribution is 2.26. The minimum absolute atomic E-state index is 0.142. The molecule has 0 aliphatic carbocycles. The van der Waals surface area contributed by atoms with Gasteiger partial charge in [0.15, 0.2) is 0 Å². The van der Waals surface area contributed by atoms with Gasteiger partial charge in [-0.2, -0.15) is 13.2 Å². The zero-order valence-electron chi connectivity index (χ0n) is 21.3. The number of aryl methyl sites for hydroxylation is 1. The summed E-state index contributed by atoms with van der Waals surface area (Å²) >= 11 is 6.33. The van der Waals surface area contributed by atoms with Crippen LogP contribution in [-0.2, 0) is 40.3 Å². The van der Waals surface area contributed by atoms with Gasteiger partial charge in [-0.05, 0) is 72.2 Å². The number of hydrogen-bond acceptors (Lipinski definition) is 5. The summed E-state index contributed by atoms with van der Waals surface area (Å²) < 4.78 is 46.1. The van der Waals surface area contributed by atoms with E-state index >= 15 is 0 Å². The van der Waals surface area contributed by atoms with Crippen LogP contribution in [0.15, 0.2) is 72.8 Å². The van der Waals surface area contributed by atoms with Crippen LogP contribution in [0.5, 0.6) is 5.75 Å². The number of carbonyl (C=O) groups excluding carboxylic acids is 2. The maximum Gasteiger partial charge on any atom is 0.491 e. The summed E-state index contributed by atoms with van der Waals surface area (Å²) in [6, 6.07) is 23.3. The summed E-state index contributed by atoms with van der Waals surface area (Å²) in [6.07, 6.45) is -3.22. The predicted octanol–water partition coefficient (Wildman–Crippen LogP) is 6.55. The summed E-state index contributed by atoms with van der Waals surface area (Å²) in [4.78, 5) is 24.6. The van der Waals surface area contributed by atoms with E-state index in [0.29, 0.717) is 23.8 Å². The van der Waals surface area contributed by atoms with Gasteiger partial charge in [-0.1, -0.05) is 66.2 Å². The van der Waals surface area contributed by atoms with Gasteiger partial charge in [-0.25, -0.2) is 4.79 Å². The van der Waals surface area contributed by atoms with Gasteiger partial charge < -0.3 is 9.47 Å². The van der Waals surface area contributed by atoms with E-state index in [1.165, 1.54) is 11.1 Å². The van der Waals surface area contributed by atoms with Gasteiger partial charge in [0, 0.05) is 18.1 Å². The van der Waals surface area contributed by atoms with Crippen molar-refractivity contribution in [3.63, 3.8) is 0 Å². The molecule has 5 nitrogen and oxygen atoms in total. The SMILES string of the molecule is O=C(CCc1ccc(OCc2ccc(CN3CCC(Cc4ccccc4Cl)C3)cc2)cc1)OC(=O)C(F)(F)F. The Morgan fingerprint density at radius 2 is 1.59 bits per heavy atom. The van der Waals surface area contributed by atoms with E-state index in [2.05, 4.69) is 40.0 Å². The highest BCUT2D eigenvalue weighted by molar-refractivity contribution is 6.31. The minimum Gasteiger partial charge on any atom is -0.489 e. The molecule has 3 aromatic rings. The van der Waals surface area contributed by atoms with Gasteiger partial charge in [0.05, 0.1) is 6.42 Å². The average Bonchev–Trinajstić information content (AvgIpc) is 3.35. The van der Waals surface area contributed by atoms with E-state index in [4.69, 9.17) is 16.3 Å². The summed E-state index contributed by atoms with van der Waals surface area (Å²) in [5, 5.41) is 0.841. The Balaban J connectivity index is 1.17. The van der Waals surface area contributed by atoms with Gasteiger partial charge >= 0.3 is 18.1 Å². The van der Waals surface area contributed by atoms with Crippen LogP contribution in [-0.4, -0.2) is 36.1 Å². The summed E-state index contributed by atoms with van der Waals surface area (Å²) in [5.41, 5.74) is 4.20. The van der Waals surface area contributed by atoms with Crippen LogP contribution in [0.3, 0.4) is 0 Å². The lowest BCUT2D eigenvalue weighted by Gasteiger charge is -2.17. The molecule has 1 heterocycles. The maximum atomic E-state index is 12.2. The topological polar surface area (TPSA) is 55.8 Å². The van der Waals surface area contributed by atoms with Crippen molar-refractivity contribution in [2.45, 2.75) is 45.0 Å². The third kappa shape index (κ3) is 8.83. The third-order valence-electron chi connectivity index (χ3n) is 6.65. The molecule has 1 aliphatic rings. The summed E-state index contributed by atoms with van der Waals surface area (Å²) in [6.45, 7) is 3.41. The number of hydrogen-bond donors (Lipinski definition) is 0. The first-order chi connectivity index (χ1) is 18.7. The second kappa shape index (κ2) is 13.1. The molecule has 1 aliphatic heterocycles. The van der Waals surface area contributed by atoms with Gasteiger partial charge in [-0.15, -0.1) is 0 Å². The molecule has 206 valence electrons. The highest BCUT2D eigenvalue weighted by atomic mass is 35.5. The van der Waals surface area contributed by atoms with Crippen molar-refractivity contribution >= 4 is 23.5 Å². The normalized spacial score (nSPS) is 15.7. The molecule has 0 N–H and O–H groups in total. The molecule has 1 unspecified atom stereocenters. The van der Waals surface area contributed by atoms with E-state index in [-0.39, 0.29) is 12.8 Å². The van der Waals surface area contributed by atoms with Crippen LogP contribution in [0.25, 0.3) is 0 Å². The van der Waals surface area contributed by atoms with E-state index < -0.39 is 18.1 Å². The molecule has 3 aromatic carbocycles. The van der Waals surface area contributed by atoms with Crippen molar-refractivity contribution in [3.05, 3.63) is 100 Å². The first-order valence-corrected chi connectivity index (χ1v) is 13.1. The third-order valence-corrected chi connectivity index (χ3v) is 7.02. The molecule has 9 heteroatoms. The van der Waals surface area contributed by atoms with Crippen LogP contribution >= 0.6 is 11.6 Å². The number of alkyl halides is 3. The lowest BCUT2D eigenvalue weighted by molar-refractivity contribution is -0.201. The van der Waals surface area contributed by atoms with Crippen molar-refractivity contribution in [1.82, 2.24) is 4.90 Å². The quantitative estimate of drug-likeness (QED) is 0.208. The van der Waals surface area contributed by atoms with Crippen molar-refractivity contribution in [1.29, 1.82) is 0 Å². The molecule has 0 radical (unpaired) electrons. The highest BCUT2D eigenvalue weighted by Gasteiger charge is 2.42. The number of benzene rings is 3. The standard InChI is InChI=1S/C30H29ClF3NO4/c31-27-4-2-1-3-25(27)17-24-15-16-35(19-24)18-22-5-7-23(8-6-22)20-38-26-12-9-21(10-13-26)11-14-28(36)39-29(37)30(32,33)34/h1-10,12-13,24H,11,14-20H2. The molecule has 4 rings (SSSR count). The van der Waals surface area contributed by atoms with Gasteiger partial charge in [0.25, 0.3) is 0 Å². The zero-order chi connectivity index (χ0) is 27.8. The predicted molar refractivity (Wildman–Crippen MR) is 141 cm³/mol. The summed E-state index contributed by atoms with van der Waals surface area (Å²) in [5.74, 6) is -2.49. The fraction of sp³-hybridized carbons (Fsp3) is 0.333. The van der Waals surface area contributed by atoms with Crippen LogP contribution in [0, 0.1) is 5.92 Å². The largest absolute Gasteiger partial charge is 0.491 e. The van der Waals surface area contributed by atoms with Crippen molar-refractivity contribution in [3.8, 4) is 5.75 Å². The van der Waals surface area contributed by atoms with Gasteiger partial charge in [-0.3, -0.25) is 9.69 Å². The van der Waals surface area contributed by atoms with Crippen molar-refractivity contribution in [2.75, 3.05) is 13.1 Å². The van der Waals surface area contributed by atoms with E-state index in [9.17, 15) is 22.8 Å². The van der Waals surface area contributed by atoms with Crippen LogP contribution < -0.4 is 4.74 Å². The number of rotatable bonds is 10. The molecular formula is C30H29ClF3NO4. The van der Waals surface area contributed by atoms with Crippen LogP contribution in [0.4, 0.5) is 13.2 Å². The molecule has 1 fully saturated rings. The van der Waals surface area contributed by atoms with Gasteiger partial charge in [0.1, 0.15) is 12.4 Å². The molecular weight excluding hydrogens is 531 g/mol. The Bertz CT molecular complexity index is 1260. The summed E-state index contributed by atoms with van der Waals surface area (Å²) in [7, 11) is 0. The molecule has 1 atom stereocenters. The average molecular weight is 560 g/mol.